The van der Waals surface area contributed by atoms with Crippen LogP contribution in [0.25, 0.3) is 0 Å². The van der Waals surface area contributed by atoms with Crippen molar-refractivity contribution in [2.24, 2.45) is 11.3 Å². The summed E-state index contributed by atoms with van der Waals surface area (Å²) in [6, 6.07) is 18.7. The van der Waals surface area contributed by atoms with Gasteiger partial charge in [0, 0.05) is 4.88 Å². The topological polar surface area (TPSA) is 63.7 Å². The number of methoxy groups -OCH3 is 1. The Hall–Kier alpha value is -3.25. The van der Waals surface area contributed by atoms with Crippen molar-refractivity contribution < 1.29 is 19.1 Å². The Morgan fingerprint density at radius 2 is 1.44 bits per heavy atom. The summed E-state index contributed by atoms with van der Waals surface area (Å²) in [5.41, 5.74) is 3.04. The maximum absolute atomic E-state index is 13.7. The average molecular weight is 504 g/mol. The minimum Gasteiger partial charge on any atom is -0.465 e. The predicted molar refractivity (Wildman–Crippen MR) is 143 cm³/mol. The number of carbonyl (C=O) groups excluding carboxylic acids is 3. The van der Waals surface area contributed by atoms with Crippen LogP contribution in [0.2, 0.25) is 0 Å². The van der Waals surface area contributed by atoms with Gasteiger partial charge < -0.3 is 4.74 Å². The lowest BCUT2D eigenvalue weighted by Gasteiger charge is -2.33. The van der Waals surface area contributed by atoms with Crippen molar-refractivity contribution in [3.05, 3.63) is 87.8 Å². The van der Waals surface area contributed by atoms with E-state index in [9.17, 15) is 14.4 Å². The number of carbonyl (C=O) groups is 3. The SMILES string of the molecule is COC(=O)c1c(N(C(=O)Cc2ccccc2)C(=O)Cc2ccccc2)sc2c1CCC(C(C)(C)C)C2. The number of nitrogens with zero attached hydrogens (tertiary/aromatic N) is 1. The molecule has 0 bridgehead atoms. The van der Waals surface area contributed by atoms with Crippen molar-refractivity contribution in [1.29, 1.82) is 0 Å². The third kappa shape index (κ3) is 5.59. The third-order valence-electron chi connectivity index (χ3n) is 6.96. The van der Waals surface area contributed by atoms with E-state index in [1.165, 1.54) is 23.3 Å². The fourth-order valence-corrected chi connectivity index (χ4v) is 6.29. The van der Waals surface area contributed by atoms with Gasteiger partial charge in [-0.3, -0.25) is 9.59 Å². The highest BCUT2D eigenvalue weighted by atomic mass is 32.1. The molecule has 2 amide bonds. The van der Waals surface area contributed by atoms with Gasteiger partial charge in [-0.25, -0.2) is 9.69 Å². The first-order valence-electron chi connectivity index (χ1n) is 12.4. The van der Waals surface area contributed by atoms with Crippen LogP contribution in [0.15, 0.2) is 60.7 Å². The van der Waals surface area contributed by atoms with Crippen molar-refractivity contribution in [1.82, 2.24) is 0 Å². The number of imide groups is 1. The molecular formula is C30H33NO4S. The molecule has 1 atom stereocenters. The van der Waals surface area contributed by atoms with Crippen molar-refractivity contribution in [2.75, 3.05) is 12.0 Å². The van der Waals surface area contributed by atoms with Crippen LogP contribution >= 0.6 is 11.3 Å². The van der Waals surface area contributed by atoms with Crippen molar-refractivity contribution >= 4 is 34.1 Å². The lowest BCUT2D eigenvalue weighted by Crippen LogP contribution is -2.39. The van der Waals surface area contributed by atoms with Gasteiger partial charge in [0.15, 0.2) is 0 Å². The lowest BCUT2D eigenvalue weighted by atomic mass is 9.72. The molecule has 36 heavy (non-hydrogen) atoms. The maximum atomic E-state index is 13.7. The highest BCUT2D eigenvalue weighted by Crippen LogP contribution is 2.46. The molecule has 0 N–H and O–H groups in total. The Morgan fingerprint density at radius 1 is 0.917 bits per heavy atom. The summed E-state index contributed by atoms with van der Waals surface area (Å²) in [6.45, 7) is 6.70. The molecule has 188 valence electrons. The zero-order valence-electron chi connectivity index (χ0n) is 21.4. The average Bonchev–Trinajstić information content (AvgIpc) is 3.22. The molecular weight excluding hydrogens is 470 g/mol. The standard InChI is InChI=1S/C30H33NO4S/c1-30(2,3)22-15-16-23-24(19-22)36-28(27(23)29(34)35-4)31(25(32)17-20-11-7-5-8-12-20)26(33)18-21-13-9-6-10-14-21/h5-14,22H,15-19H2,1-4H3. The van der Waals surface area contributed by atoms with Gasteiger partial charge in [0.25, 0.3) is 0 Å². The summed E-state index contributed by atoms with van der Waals surface area (Å²) < 4.78 is 5.16. The molecule has 1 heterocycles. The van der Waals surface area contributed by atoms with E-state index in [0.29, 0.717) is 16.5 Å². The van der Waals surface area contributed by atoms with Crippen LogP contribution in [-0.4, -0.2) is 24.9 Å². The quantitative estimate of drug-likeness (QED) is 0.385. The number of fused-ring (bicyclic) bond motifs is 1. The van der Waals surface area contributed by atoms with Crippen LogP contribution < -0.4 is 4.90 Å². The highest BCUT2D eigenvalue weighted by Gasteiger charge is 2.38. The molecule has 5 nitrogen and oxygen atoms in total. The number of benzene rings is 2. The molecule has 1 unspecified atom stereocenters. The Labute approximate surface area is 217 Å². The second-order valence-electron chi connectivity index (χ2n) is 10.4. The molecule has 3 aromatic rings. The summed E-state index contributed by atoms with van der Waals surface area (Å²) in [7, 11) is 1.35. The molecule has 0 spiro atoms. The number of anilines is 1. The zero-order chi connectivity index (χ0) is 25.9. The summed E-state index contributed by atoms with van der Waals surface area (Å²) in [4.78, 5) is 42.8. The zero-order valence-corrected chi connectivity index (χ0v) is 22.2. The van der Waals surface area contributed by atoms with Gasteiger partial charge in [0.05, 0.1) is 25.5 Å². The van der Waals surface area contributed by atoms with E-state index in [2.05, 4.69) is 20.8 Å². The Balaban J connectivity index is 1.78. The summed E-state index contributed by atoms with van der Waals surface area (Å²) >= 11 is 1.39. The van der Waals surface area contributed by atoms with Crippen molar-refractivity contribution in [3.8, 4) is 0 Å². The van der Waals surface area contributed by atoms with Crippen LogP contribution in [0, 0.1) is 11.3 Å². The minimum absolute atomic E-state index is 0.0646. The fraction of sp³-hybridized carbons (Fsp3) is 0.367. The van der Waals surface area contributed by atoms with Gasteiger partial charge in [-0.2, -0.15) is 0 Å². The number of esters is 1. The van der Waals surface area contributed by atoms with E-state index in [1.807, 2.05) is 60.7 Å². The van der Waals surface area contributed by atoms with Gasteiger partial charge in [0.1, 0.15) is 5.00 Å². The molecule has 0 radical (unpaired) electrons. The predicted octanol–water partition coefficient (Wildman–Crippen LogP) is 6.03. The van der Waals surface area contributed by atoms with Crippen LogP contribution in [-0.2, 0) is 40.0 Å². The largest absolute Gasteiger partial charge is 0.465 e. The number of thiophene rings is 1. The fourth-order valence-electron chi connectivity index (χ4n) is 4.85. The van der Waals surface area contributed by atoms with Crippen LogP contribution in [0.4, 0.5) is 5.00 Å². The van der Waals surface area contributed by atoms with Crippen molar-refractivity contribution in [3.63, 3.8) is 0 Å². The van der Waals surface area contributed by atoms with Gasteiger partial charge >= 0.3 is 5.97 Å². The van der Waals surface area contributed by atoms with E-state index in [1.54, 1.807) is 0 Å². The van der Waals surface area contributed by atoms with E-state index in [0.717, 1.165) is 40.8 Å². The van der Waals surface area contributed by atoms with Gasteiger partial charge in [-0.1, -0.05) is 81.4 Å². The molecule has 2 aromatic carbocycles. The van der Waals surface area contributed by atoms with Crippen LogP contribution in [0.5, 0.6) is 0 Å². The van der Waals surface area contributed by atoms with Crippen molar-refractivity contribution in [2.45, 2.75) is 52.9 Å². The third-order valence-corrected chi connectivity index (χ3v) is 8.20. The van der Waals surface area contributed by atoms with E-state index in [4.69, 9.17) is 4.74 Å². The second kappa shape index (κ2) is 10.8. The lowest BCUT2D eigenvalue weighted by molar-refractivity contribution is -0.125. The smallest absolute Gasteiger partial charge is 0.341 e. The summed E-state index contributed by atoms with van der Waals surface area (Å²) in [6.07, 6.45) is 2.63. The van der Waals surface area contributed by atoms with Gasteiger partial charge in [0.2, 0.25) is 11.8 Å². The van der Waals surface area contributed by atoms with Crippen LogP contribution in [0.1, 0.15) is 59.1 Å². The van der Waals surface area contributed by atoms with Gasteiger partial charge in [-0.05, 0) is 47.3 Å². The summed E-state index contributed by atoms with van der Waals surface area (Å²) in [5, 5.41) is 0.392. The minimum atomic E-state index is -0.498. The highest BCUT2D eigenvalue weighted by molar-refractivity contribution is 7.17. The molecule has 4 rings (SSSR count). The number of rotatable bonds is 6. The molecule has 0 saturated heterocycles. The normalized spacial score (nSPS) is 15.2. The number of amides is 2. The first-order chi connectivity index (χ1) is 17.2. The molecule has 1 aliphatic carbocycles. The first kappa shape index (κ1) is 25.8. The van der Waals surface area contributed by atoms with E-state index in [-0.39, 0.29) is 30.1 Å². The molecule has 0 saturated carbocycles. The van der Waals surface area contributed by atoms with Crippen LogP contribution in [0.3, 0.4) is 0 Å². The Kier molecular flexibility index (Phi) is 7.74. The monoisotopic (exact) mass is 503 g/mol. The number of hydrogen-bond acceptors (Lipinski definition) is 5. The van der Waals surface area contributed by atoms with E-state index < -0.39 is 5.97 Å². The maximum Gasteiger partial charge on any atom is 0.341 e. The first-order valence-corrected chi connectivity index (χ1v) is 13.2. The van der Waals surface area contributed by atoms with E-state index >= 15 is 0 Å². The summed E-state index contributed by atoms with van der Waals surface area (Å²) in [5.74, 6) is -0.742. The molecule has 0 aliphatic heterocycles. The molecule has 6 heteroatoms. The molecule has 1 aliphatic rings. The Morgan fingerprint density at radius 3 is 1.92 bits per heavy atom. The second-order valence-corrected chi connectivity index (χ2v) is 11.5. The molecule has 1 aromatic heterocycles. The molecule has 0 fully saturated rings. The Bertz CT molecular complexity index is 1190. The van der Waals surface area contributed by atoms with Gasteiger partial charge in [-0.15, -0.1) is 11.3 Å². The number of hydrogen-bond donors (Lipinski definition) is 0. The number of ether oxygens (including phenoxy) is 1.